The van der Waals surface area contributed by atoms with E-state index in [0.29, 0.717) is 12.2 Å². The Morgan fingerprint density at radius 2 is 1.91 bits per heavy atom. The number of rotatable bonds is 7. The van der Waals surface area contributed by atoms with Gasteiger partial charge in [-0.3, -0.25) is 9.78 Å². The van der Waals surface area contributed by atoms with Crippen LogP contribution in [-0.4, -0.2) is 24.0 Å². The molecule has 0 saturated heterocycles. The van der Waals surface area contributed by atoms with Crippen molar-refractivity contribution in [3.8, 4) is 5.75 Å². The molecule has 22 heavy (non-hydrogen) atoms. The van der Waals surface area contributed by atoms with E-state index in [0.717, 1.165) is 30.1 Å². The lowest BCUT2D eigenvalue weighted by atomic mass is 10.2. The van der Waals surface area contributed by atoms with Crippen molar-refractivity contribution in [2.24, 2.45) is 0 Å². The standard InChI is InChI=1S/C17H21N3O2/c1-3-9-19-15-10-13(11-18-12-15)17(21)20-14-5-7-16(8-6-14)22-4-2/h5-8,10-12,19H,3-4,9H2,1-2H3,(H,20,21). The molecule has 5 nitrogen and oxygen atoms in total. The quantitative estimate of drug-likeness (QED) is 0.820. The molecule has 1 aromatic carbocycles. The minimum atomic E-state index is -0.184. The molecule has 2 rings (SSSR count). The summed E-state index contributed by atoms with van der Waals surface area (Å²) in [6.45, 7) is 5.49. The van der Waals surface area contributed by atoms with Gasteiger partial charge in [0, 0.05) is 24.6 Å². The minimum Gasteiger partial charge on any atom is -0.494 e. The summed E-state index contributed by atoms with van der Waals surface area (Å²) in [4.78, 5) is 16.3. The van der Waals surface area contributed by atoms with Gasteiger partial charge in [-0.05, 0) is 43.7 Å². The SMILES string of the molecule is CCCNc1cncc(C(=O)Nc2ccc(OCC)cc2)c1. The van der Waals surface area contributed by atoms with Crippen LogP contribution in [-0.2, 0) is 0 Å². The van der Waals surface area contributed by atoms with Gasteiger partial charge in [0.05, 0.1) is 17.9 Å². The number of carbonyl (C=O) groups excluding carboxylic acids is 1. The molecule has 2 aromatic rings. The van der Waals surface area contributed by atoms with Crippen molar-refractivity contribution < 1.29 is 9.53 Å². The number of anilines is 2. The van der Waals surface area contributed by atoms with Gasteiger partial charge < -0.3 is 15.4 Å². The molecule has 116 valence electrons. The number of nitrogens with zero attached hydrogens (tertiary/aromatic N) is 1. The van der Waals surface area contributed by atoms with E-state index in [1.165, 1.54) is 0 Å². The van der Waals surface area contributed by atoms with Gasteiger partial charge in [0.1, 0.15) is 5.75 Å². The number of aromatic nitrogens is 1. The van der Waals surface area contributed by atoms with E-state index in [4.69, 9.17) is 4.74 Å². The van der Waals surface area contributed by atoms with Crippen LogP contribution in [0.1, 0.15) is 30.6 Å². The average molecular weight is 299 g/mol. The van der Waals surface area contributed by atoms with E-state index in [9.17, 15) is 4.79 Å². The summed E-state index contributed by atoms with van der Waals surface area (Å²) >= 11 is 0. The Bertz CT molecular complexity index is 612. The Balaban J connectivity index is 2.02. The molecule has 0 saturated carbocycles. The van der Waals surface area contributed by atoms with Gasteiger partial charge in [0.15, 0.2) is 0 Å². The first-order chi connectivity index (χ1) is 10.7. The number of amides is 1. The summed E-state index contributed by atoms with van der Waals surface area (Å²) in [5.41, 5.74) is 2.09. The van der Waals surface area contributed by atoms with Crippen molar-refractivity contribution in [2.45, 2.75) is 20.3 Å². The van der Waals surface area contributed by atoms with Crippen molar-refractivity contribution in [3.05, 3.63) is 48.3 Å². The van der Waals surface area contributed by atoms with Gasteiger partial charge in [-0.15, -0.1) is 0 Å². The topological polar surface area (TPSA) is 63.2 Å². The Hall–Kier alpha value is -2.56. The average Bonchev–Trinajstić information content (AvgIpc) is 2.55. The number of hydrogen-bond acceptors (Lipinski definition) is 4. The number of ether oxygens (including phenoxy) is 1. The lowest BCUT2D eigenvalue weighted by Crippen LogP contribution is -2.13. The number of benzene rings is 1. The summed E-state index contributed by atoms with van der Waals surface area (Å²) < 4.78 is 5.37. The second-order valence-electron chi connectivity index (χ2n) is 4.80. The highest BCUT2D eigenvalue weighted by atomic mass is 16.5. The van der Waals surface area contributed by atoms with Crippen LogP contribution in [0.25, 0.3) is 0 Å². The third-order valence-electron chi connectivity index (χ3n) is 3.00. The molecule has 0 fully saturated rings. The smallest absolute Gasteiger partial charge is 0.257 e. The summed E-state index contributed by atoms with van der Waals surface area (Å²) in [5, 5.41) is 6.06. The van der Waals surface area contributed by atoms with E-state index >= 15 is 0 Å². The zero-order valence-electron chi connectivity index (χ0n) is 12.9. The van der Waals surface area contributed by atoms with Crippen LogP contribution in [0.5, 0.6) is 5.75 Å². The number of nitrogens with one attached hydrogen (secondary N) is 2. The summed E-state index contributed by atoms with van der Waals surface area (Å²) in [7, 11) is 0. The van der Waals surface area contributed by atoms with Gasteiger partial charge in [-0.25, -0.2) is 0 Å². The molecule has 0 unspecified atom stereocenters. The lowest BCUT2D eigenvalue weighted by Gasteiger charge is -2.09. The highest BCUT2D eigenvalue weighted by Crippen LogP contribution is 2.17. The molecule has 1 aromatic heterocycles. The Kier molecular flexibility index (Phi) is 5.77. The van der Waals surface area contributed by atoms with Crippen LogP contribution in [0.4, 0.5) is 11.4 Å². The zero-order chi connectivity index (χ0) is 15.8. The maximum atomic E-state index is 12.2. The number of pyridine rings is 1. The van der Waals surface area contributed by atoms with Crippen LogP contribution in [0, 0.1) is 0 Å². The van der Waals surface area contributed by atoms with E-state index in [2.05, 4.69) is 22.5 Å². The fourth-order valence-corrected chi connectivity index (χ4v) is 1.93. The molecule has 0 aliphatic carbocycles. The van der Waals surface area contributed by atoms with Gasteiger partial charge in [-0.1, -0.05) is 6.92 Å². The van der Waals surface area contributed by atoms with Crippen LogP contribution < -0.4 is 15.4 Å². The summed E-state index contributed by atoms with van der Waals surface area (Å²) in [6.07, 6.45) is 4.28. The zero-order valence-corrected chi connectivity index (χ0v) is 12.9. The maximum absolute atomic E-state index is 12.2. The van der Waals surface area contributed by atoms with E-state index in [-0.39, 0.29) is 5.91 Å². The number of hydrogen-bond donors (Lipinski definition) is 2. The predicted octanol–water partition coefficient (Wildman–Crippen LogP) is 3.55. The molecule has 1 amide bonds. The second kappa shape index (κ2) is 8.02. The van der Waals surface area contributed by atoms with Gasteiger partial charge in [0.25, 0.3) is 5.91 Å². The first-order valence-corrected chi connectivity index (χ1v) is 7.46. The molecule has 0 atom stereocenters. The molecule has 0 spiro atoms. The fraction of sp³-hybridized carbons (Fsp3) is 0.294. The monoisotopic (exact) mass is 299 g/mol. The highest BCUT2D eigenvalue weighted by molar-refractivity contribution is 6.04. The van der Waals surface area contributed by atoms with E-state index in [1.54, 1.807) is 18.5 Å². The first kappa shape index (κ1) is 15.8. The molecule has 5 heteroatoms. The Labute approximate surface area is 130 Å². The molecule has 0 radical (unpaired) electrons. The molecule has 2 N–H and O–H groups in total. The third kappa shape index (κ3) is 4.48. The van der Waals surface area contributed by atoms with Crippen LogP contribution >= 0.6 is 0 Å². The van der Waals surface area contributed by atoms with Crippen molar-refractivity contribution in [3.63, 3.8) is 0 Å². The Morgan fingerprint density at radius 3 is 2.59 bits per heavy atom. The molecule has 0 aliphatic rings. The Morgan fingerprint density at radius 1 is 1.14 bits per heavy atom. The third-order valence-corrected chi connectivity index (χ3v) is 3.00. The predicted molar refractivity (Wildman–Crippen MR) is 88.6 cm³/mol. The molecular weight excluding hydrogens is 278 g/mol. The van der Waals surface area contributed by atoms with Gasteiger partial charge in [-0.2, -0.15) is 0 Å². The van der Waals surface area contributed by atoms with Crippen molar-refractivity contribution in [1.82, 2.24) is 4.98 Å². The van der Waals surface area contributed by atoms with Gasteiger partial charge >= 0.3 is 0 Å². The highest BCUT2D eigenvalue weighted by Gasteiger charge is 2.07. The van der Waals surface area contributed by atoms with E-state index in [1.807, 2.05) is 31.2 Å². The van der Waals surface area contributed by atoms with Crippen molar-refractivity contribution in [2.75, 3.05) is 23.8 Å². The van der Waals surface area contributed by atoms with Crippen molar-refractivity contribution in [1.29, 1.82) is 0 Å². The molecule has 0 bridgehead atoms. The summed E-state index contributed by atoms with van der Waals surface area (Å²) in [5.74, 6) is 0.602. The fourth-order valence-electron chi connectivity index (χ4n) is 1.93. The lowest BCUT2D eigenvalue weighted by molar-refractivity contribution is 0.102. The maximum Gasteiger partial charge on any atom is 0.257 e. The number of carbonyl (C=O) groups is 1. The molecular formula is C17H21N3O2. The normalized spacial score (nSPS) is 10.1. The van der Waals surface area contributed by atoms with Gasteiger partial charge in [0.2, 0.25) is 0 Å². The van der Waals surface area contributed by atoms with Crippen LogP contribution in [0.3, 0.4) is 0 Å². The first-order valence-electron chi connectivity index (χ1n) is 7.46. The van der Waals surface area contributed by atoms with Crippen LogP contribution in [0.2, 0.25) is 0 Å². The second-order valence-corrected chi connectivity index (χ2v) is 4.80. The molecule has 0 aliphatic heterocycles. The summed E-state index contributed by atoms with van der Waals surface area (Å²) in [6, 6.07) is 9.09. The van der Waals surface area contributed by atoms with Crippen molar-refractivity contribution >= 4 is 17.3 Å². The molecule has 1 heterocycles. The minimum absolute atomic E-state index is 0.184. The van der Waals surface area contributed by atoms with E-state index < -0.39 is 0 Å². The van der Waals surface area contributed by atoms with Crippen LogP contribution in [0.15, 0.2) is 42.7 Å². The largest absolute Gasteiger partial charge is 0.494 e.